The van der Waals surface area contributed by atoms with Gasteiger partial charge in [0.15, 0.2) is 4.47 Å². The van der Waals surface area contributed by atoms with Gasteiger partial charge < -0.3 is 10.6 Å². The summed E-state index contributed by atoms with van der Waals surface area (Å²) in [6, 6.07) is -0.541. The first-order valence-electron chi connectivity index (χ1n) is 4.64. The number of hydrogen-bond acceptors (Lipinski definition) is 4. The number of aromatic nitrogens is 1. The van der Waals surface area contributed by atoms with Crippen molar-refractivity contribution in [2.24, 2.45) is 0 Å². The highest BCUT2D eigenvalue weighted by Gasteiger charge is 2.13. The number of nitrogens with one attached hydrogen (secondary N) is 2. The normalized spacial score (nSPS) is 11.9. The van der Waals surface area contributed by atoms with E-state index < -0.39 is 6.04 Å². The van der Waals surface area contributed by atoms with Crippen LogP contribution >= 0.6 is 22.9 Å². The summed E-state index contributed by atoms with van der Waals surface area (Å²) in [5.74, 6) is -0.469. The number of carbonyl (C=O) groups excluding carboxylic acids is 2. The van der Waals surface area contributed by atoms with E-state index in [0.29, 0.717) is 11.0 Å². The van der Waals surface area contributed by atoms with Crippen LogP contribution in [0.4, 0.5) is 0 Å². The first-order valence-corrected chi connectivity index (χ1v) is 5.83. The minimum Gasteiger partial charge on any atom is -0.349 e. The van der Waals surface area contributed by atoms with E-state index in [2.05, 4.69) is 15.6 Å². The van der Waals surface area contributed by atoms with Crippen molar-refractivity contribution >= 4 is 34.8 Å². The van der Waals surface area contributed by atoms with E-state index in [1.165, 1.54) is 18.3 Å². The third-order valence-electron chi connectivity index (χ3n) is 1.78. The van der Waals surface area contributed by atoms with Gasteiger partial charge in [-0.2, -0.15) is 0 Å². The number of rotatable bonds is 4. The molecule has 0 spiro atoms. The summed E-state index contributed by atoms with van der Waals surface area (Å²) in [5, 5.41) is 5.17. The van der Waals surface area contributed by atoms with E-state index in [4.69, 9.17) is 11.6 Å². The molecule has 1 heterocycles. The molecule has 0 fully saturated rings. The molecule has 1 rings (SSSR count). The van der Waals surface area contributed by atoms with Crippen molar-refractivity contribution in [3.8, 4) is 0 Å². The van der Waals surface area contributed by atoms with Gasteiger partial charge in [-0.1, -0.05) is 11.6 Å². The van der Waals surface area contributed by atoms with E-state index in [0.717, 1.165) is 4.88 Å². The molecule has 1 aromatic rings. The third kappa shape index (κ3) is 4.16. The second-order valence-electron chi connectivity index (χ2n) is 3.22. The zero-order valence-corrected chi connectivity index (χ0v) is 10.5. The van der Waals surface area contributed by atoms with Gasteiger partial charge >= 0.3 is 0 Å². The van der Waals surface area contributed by atoms with Crippen LogP contribution in [0, 0.1) is 0 Å². The largest absolute Gasteiger partial charge is 0.349 e. The Labute approximate surface area is 102 Å². The van der Waals surface area contributed by atoms with Gasteiger partial charge in [0.1, 0.15) is 6.04 Å². The SMILES string of the molecule is CC(=O)N[C@@H](C)C(=O)NCc1cnc(Cl)s1. The van der Waals surface area contributed by atoms with Crippen LogP contribution in [0.1, 0.15) is 18.7 Å². The van der Waals surface area contributed by atoms with Crippen LogP contribution in [0.2, 0.25) is 4.47 Å². The first-order chi connectivity index (χ1) is 7.49. The summed E-state index contributed by atoms with van der Waals surface area (Å²) in [7, 11) is 0. The molecular weight excluding hydrogens is 250 g/mol. The highest BCUT2D eigenvalue weighted by molar-refractivity contribution is 7.15. The summed E-state index contributed by atoms with van der Waals surface area (Å²) in [6.07, 6.45) is 1.61. The summed E-state index contributed by atoms with van der Waals surface area (Å²) >= 11 is 6.95. The molecule has 16 heavy (non-hydrogen) atoms. The van der Waals surface area contributed by atoms with Crippen molar-refractivity contribution in [2.45, 2.75) is 26.4 Å². The molecule has 0 aromatic carbocycles. The Morgan fingerprint density at radius 2 is 2.31 bits per heavy atom. The summed E-state index contributed by atoms with van der Waals surface area (Å²) in [5.41, 5.74) is 0. The van der Waals surface area contributed by atoms with E-state index in [1.54, 1.807) is 13.1 Å². The van der Waals surface area contributed by atoms with Crippen LogP contribution in [0.5, 0.6) is 0 Å². The molecule has 2 N–H and O–H groups in total. The molecule has 88 valence electrons. The minimum atomic E-state index is -0.541. The Balaban J connectivity index is 2.37. The molecule has 0 saturated carbocycles. The van der Waals surface area contributed by atoms with E-state index in [9.17, 15) is 9.59 Å². The van der Waals surface area contributed by atoms with E-state index in [1.807, 2.05) is 0 Å². The lowest BCUT2D eigenvalue weighted by Crippen LogP contribution is -2.43. The number of hydrogen-bond donors (Lipinski definition) is 2. The van der Waals surface area contributed by atoms with Gasteiger partial charge in [-0.3, -0.25) is 9.59 Å². The van der Waals surface area contributed by atoms with Crippen LogP contribution in [-0.2, 0) is 16.1 Å². The molecule has 1 atom stereocenters. The van der Waals surface area contributed by atoms with E-state index in [-0.39, 0.29) is 11.8 Å². The molecule has 1 aromatic heterocycles. The third-order valence-corrected chi connectivity index (χ3v) is 2.89. The maximum Gasteiger partial charge on any atom is 0.242 e. The molecule has 0 saturated heterocycles. The molecule has 7 heteroatoms. The van der Waals surface area contributed by atoms with Crippen LogP contribution < -0.4 is 10.6 Å². The van der Waals surface area contributed by atoms with Crippen molar-refractivity contribution in [1.29, 1.82) is 0 Å². The van der Waals surface area contributed by atoms with Crippen LogP contribution in [0.25, 0.3) is 0 Å². The molecule has 0 radical (unpaired) electrons. The average molecular weight is 262 g/mol. The average Bonchev–Trinajstić information content (AvgIpc) is 2.59. The first kappa shape index (κ1) is 12.9. The van der Waals surface area contributed by atoms with Crippen molar-refractivity contribution in [3.63, 3.8) is 0 Å². The highest BCUT2D eigenvalue weighted by Crippen LogP contribution is 2.17. The molecule has 5 nitrogen and oxygen atoms in total. The van der Waals surface area contributed by atoms with Gasteiger partial charge in [-0.15, -0.1) is 11.3 Å². The summed E-state index contributed by atoms with van der Waals surface area (Å²) in [4.78, 5) is 26.9. The predicted molar refractivity (Wildman–Crippen MR) is 62.2 cm³/mol. The van der Waals surface area contributed by atoms with Gasteiger partial charge in [0.25, 0.3) is 0 Å². The van der Waals surface area contributed by atoms with E-state index >= 15 is 0 Å². The molecule has 0 bridgehead atoms. The van der Waals surface area contributed by atoms with Crippen molar-refractivity contribution in [2.75, 3.05) is 0 Å². The fourth-order valence-electron chi connectivity index (χ4n) is 1.06. The molecule has 0 aliphatic carbocycles. The Hall–Kier alpha value is -1.14. The molecule has 2 amide bonds. The van der Waals surface area contributed by atoms with Gasteiger partial charge in [-0.05, 0) is 6.92 Å². The van der Waals surface area contributed by atoms with Crippen molar-refractivity contribution < 1.29 is 9.59 Å². The molecule has 0 aliphatic heterocycles. The lowest BCUT2D eigenvalue weighted by atomic mass is 10.3. The topological polar surface area (TPSA) is 71.1 Å². The Bertz CT molecular complexity index is 394. The highest BCUT2D eigenvalue weighted by atomic mass is 35.5. The monoisotopic (exact) mass is 261 g/mol. The summed E-state index contributed by atoms with van der Waals surface area (Å²) in [6.45, 7) is 3.36. The number of thiazole rings is 1. The van der Waals surface area contributed by atoms with Crippen molar-refractivity contribution in [3.05, 3.63) is 15.5 Å². The van der Waals surface area contributed by atoms with Crippen LogP contribution in [-0.4, -0.2) is 22.8 Å². The predicted octanol–water partition coefficient (Wildman–Crippen LogP) is 0.937. The lowest BCUT2D eigenvalue weighted by Gasteiger charge is -2.11. The maximum absolute atomic E-state index is 11.5. The number of carbonyl (C=O) groups is 2. The molecule has 0 aliphatic rings. The smallest absolute Gasteiger partial charge is 0.242 e. The molecular formula is C9H12ClN3O2S. The number of nitrogens with zero attached hydrogens (tertiary/aromatic N) is 1. The van der Waals surface area contributed by atoms with Gasteiger partial charge in [0.2, 0.25) is 11.8 Å². The summed E-state index contributed by atoms with van der Waals surface area (Å²) < 4.78 is 0.444. The van der Waals surface area contributed by atoms with Crippen LogP contribution in [0.15, 0.2) is 6.20 Å². The Kier molecular flexibility index (Phi) is 4.70. The van der Waals surface area contributed by atoms with Gasteiger partial charge in [0, 0.05) is 18.0 Å². The Morgan fingerprint density at radius 1 is 1.62 bits per heavy atom. The standard InChI is InChI=1S/C9H12ClN3O2S/c1-5(13-6(2)14)8(15)11-3-7-4-12-9(10)16-7/h4-5H,3H2,1-2H3,(H,11,15)(H,13,14)/t5-/m0/s1. The zero-order chi connectivity index (χ0) is 12.1. The quantitative estimate of drug-likeness (QED) is 0.847. The van der Waals surface area contributed by atoms with Crippen LogP contribution in [0.3, 0.4) is 0 Å². The van der Waals surface area contributed by atoms with Crippen molar-refractivity contribution in [1.82, 2.24) is 15.6 Å². The zero-order valence-electron chi connectivity index (χ0n) is 8.91. The van der Waals surface area contributed by atoms with Gasteiger partial charge in [0.05, 0.1) is 6.54 Å². The fourth-order valence-corrected chi connectivity index (χ4v) is 1.98. The minimum absolute atomic E-state index is 0.233. The Morgan fingerprint density at radius 3 is 2.81 bits per heavy atom. The fraction of sp³-hybridized carbons (Fsp3) is 0.444. The maximum atomic E-state index is 11.5. The van der Waals surface area contributed by atoms with Gasteiger partial charge in [-0.25, -0.2) is 4.98 Å². The second kappa shape index (κ2) is 5.81. The second-order valence-corrected chi connectivity index (χ2v) is 4.92. The molecule has 0 unspecified atom stereocenters. The number of amides is 2. The number of halogens is 1. The lowest BCUT2D eigenvalue weighted by molar-refractivity contribution is -0.127.